The molecule has 4 rings (SSSR count). The molecule has 1 fully saturated rings. The number of benzene rings is 1. The zero-order valence-electron chi connectivity index (χ0n) is 15.7. The van der Waals surface area contributed by atoms with Crippen LogP contribution in [-0.4, -0.2) is 58.6 Å². The number of ether oxygens (including phenoxy) is 1. The van der Waals surface area contributed by atoms with Gasteiger partial charge in [-0.05, 0) is 24.3 Å². The van der Waals surface area contributed by atoms with E-state index in [2.05, 4.69) is 38.3 Å². The first kappa shape index (κ1) is 17.8. The van der Waals surface area contributed by atoms with Crippen LogP contribution in [0.2, 0.25) is 0 Å². The van der Waals surface area contributed by atoms with Gasteiger partial charge >= 0.3 is 5.97 Å². The number of nitrogens with zero attached hydrogens (tertiary/aromatic N) is 4. The molecule has 1 aliphatic heterocycles. The highest BCUT2D eigenvalue weighted by Gasteiger charge is 2.20. The van der Waals surface area contributed by atoms with Crippen molar-refractivity contribution in [2.24, 2.45) is 7.05 Å². The van der Waals surface area contributed by atoms with Gasteiger partial charge in [-0.2, -0.15) is 0 Å². The molecule has 27 heavy (non-hydrogen) atoms. The number of fused-ring (bicyclic) bond motifs is 1. The zero-order chi connectivity index (χ0) is 18.8. The van der Waals surface area contributed by atoms with Crippen molar-refractivity contribution in [3.63, 3.8) is 0 Å². The Morgan fingerprint density at radius 1 is 1.07 bits per heavy atom. The number of carbonyl (C=O) groups excluding carboxylic acids is 1. The first-order valence-electron chi connectivity index (χ1n) is 9.16. The van der Waals surface area contributed by atoms with Crippen molar-refractivity contribution in [3.05, 3.63) is 53.7 Å². The maximum Gasteiger partial charge on any atom is 0.373 e. The number of hydrogen-bond donors (Lipinski definition) is 0. The molecule has 0 bridgehead atoms. The van der Waals surface area contributed by atoms with Crippen LogP contribution in [0.3, 0.4) is 0 Å². The summed E-state index contributed by atoms with van der Waals surface area (Å²) in [4.78, 5) is 21.0. The summed E-state index contributed by atoms with van der Waals surface area (Å²) in [6.45, 7) is 5.43. The lowest BCUT2D eigenvalue weighted by atomic mass is 10.3. The van der Waals surface area contributed by atoms with Crippen molar-refractivity contribution in [3.8, 4) is 0 Å². The van der Waals surface area contributed by atoms with Crippen LogP contribution < -0.4 is 0 Å². The molecule has 0 atom stereocenters. The Kier molecular flexibility index (Phi) is 4.96. The molecule has 0 spiro atoms. The third-order valence-electron chi connectivity index (χ3n) is 5.14. The first-order valence-corrected chi connectivity index (χ1v) is 9.16. The molecule has 1 aromatic carbocycles. The van der Waals surface area contributed by atoms with Gasteiger partial charge in [-0.3, -0.25) is 9.80 Å². The highest BCUT2D eigenvalue weighted by molar-refractivity contribution is 5.86. The Morgan fingerprint density at radius 2 is 1.78 bits per heavy atom. The van der Waals surface area contributed by atoms with Crippen LogP contribution in [0.5, 0.6) is 0 Å². The molecule has 2 aromatic heterocycles. The second kappa shape index (κ2) is 7.54. The second-order valence-electron chi connectivity index (χ2n) is 6.89. The van der Waals surface area contributed by atoms with Crippen LogP contribution in [0, 0.1) is 0 Å². The van der Waals surface area contributed by atoms with Crippen molar-refractivity contribution in [2.75, 3.05) is 33.3 Å². The molecule has 1 aliphatic rings. The van der Waals surface area contributed by atoms with E-state index in [1.807, 2.05) is 18.2 Å². The molecule has 0 saturated carbocycles. The number of furan rings is 1. The van der Waals surface area contributed by atoms with Gasteiger partial charge in [0.1, 0.15) is 11.6 Å². The van der Waals surface area contributed by atoms with Gasteiger partial charge in [0.15, 0.2) is 0 Å². The third-order valence-corrected chi connectivity index (χ3v) is 5.14. The minimum absolute atomic E-state index is 0.257. The summed E-state index contributed by atoms with van der Waals surface area (Å²) in [5.41, 5.74) is 2.22. The van der Waals surface area contributed by atoms with Crippen LogP contribution in [0.15, 0.2) is 40.8 Å². The molecule has 0 radical (unpaired) electrons. The predicted molar refractivity (Wildman–Crippen MR) is 101 cm³/mol. The van der Waals surface area contributed by atoms with Crippen molar-refractivity contribution < 1.29 is 13.9 Å². The van der Waals surface area contributed by atoms with Gasteiger partial charge in [0, 0.05) is 33.2 Å². The summed E-state index contributed by atoms with van der Waals surface area (Å²) in [5.74, 6) is 1.71. The molecule has 0 unspecified atom stereocenters. The fourth-order valence-electron chi connectivity index (χ4n) is 3.54. The van der Waals surface area contributed by atoms with Crippen LogP contribution in [0.25, 0.3) is 11.0 Å². The summed E-state index contributed by atoms with van der Waals surface area (Å²) in [5, 5.41) is 0. The quantitative estimate of drug-likeness (QED) is 0.644. The van der Waals surface area contributed by atoms with Crippen LogP contribution in [0.1, 0.15) is 22.1 Å². The minimum atomic E-state index is -0.437. The smallest absolute Gasteiger partial charge is 0.373 e. The summed E-state index contributed by atoms with van der Waals surface area (Å²) in [7, 11) is 3.44. The SMILES string of the molecule is COC(=O)c1ccc(CN2CCN(Cc3nc4ccccc4n3C)CC2)o1. The molecule has 0 amide bonds. The molecule has 142 valence electrons. The summed E-state index contributed by atoms with van der Waals surface area (Å²) in [6.07, 6.45) is 0. The van der Waals surface area contributed by atoms with Crippen molar-refractivity contribution in [1.82, 2.24) is 19.4 Å². The highest BCUT2D eigenvalue weighted by atomic mass is 16.5. The Bertz CT molecular complexity index is 938. The van der Waals surface area contributed by atoms with Crippen LogP contribution in [0.4, 0.5) is 0 Å². The fraction of sp³-hybridized carbons (Fsp3) is 0.400. The normalized spacial score (nSPS) is 16.1. The number of aryl methyl sites for hydroxylation is 1. The van der Waals surface area contributed by atoms with E-state index in [0.717, 1.165) is 49.8 Å². The van der Waals surface area contributed by atoms with Crippen molar-refractivity contribution in [1.29, 1.82) is 0 Å². The zero-order valence-corrected chi connectivity index (χ0v) is 15.7. The molecule has 3 heterocycles. The Hall–Kier alpha value is -2.64. The highest BCUT2D eigenvalue weighted by Crippen LogP contribution is 2.17. The molecular weight excluding hydrogens is 344 g/mol. The summed E-state index contributed by atoms with van der Waals surface area (Å²) < 4.78 is 12.4. The molecule has 3 aromatic rings. The van der Waals surface area contributed by atoms with Crippen LogP contribution >= 0.6 is 0 Å². The fourth-order valence-corrected chi connectivity index (χ4v) is 3.54. The van der Waals surface area contributed by atoms with E-state index in [4.69, 9.17) is 9.40 Å². The Morgan fingerprint density at radius 3 is 2.48 bits per heavy atom. The van der Waals surface area contributed by atoms with E-state index in [1.54, 1.807) is 6.07 Å². The standard InChI is InChI=1S/C20H24N4O3/c1-22-17-6-4-3-5-16(17)21-19(22)14-24-11-9-23(10-12-24)13-15-7-8-18(27-15)20(25)26-2/h3-8H,9-14H2,1-2H3. The van der Waals surface area contributed by atoms with E-state index in [9.17, 15) is 4.79 Å². The summed E-state index contributed by atoms with van der Waals surface area (Å²) >= 11 is 0. The number of hydrogen-bond acceptors (Lipinski definition) is 6. The number of rotatable bonds is 5. The monoisotopic (exact) mass is 368 g/mol. The maximum atomic E-state index is 11.5. The van der Waals surface area contributed by atoms with Gasteiger partial charge in [0.05, 0.1) is 31.2 Å². The van der Waals surface area contributed by atoms with Gasteiger partial charge in [0.2, 0.25) is 5.76 Å². The largest absolute Gasteiger partial charge is 0.463 e. The number of carbonyl (C=O) groups is 1. The maximum absolute atomic E-state index is 11.5. The molecule has 0 N–H and O–H groups in total. The third kappa shape index (κ3) is 3.74. The molecule has 1 saturated heterocycles. The molecule has 7 heteroatoms. The average molecular weight is 368 g/mol. The predicted octanol–water partition coefficient (Wildman–Crippen LogP) is 2.27. The first-order chi connectivity index (χ1) is 13.1. The van der Waals surface area contributed by atoms with E-state index < -0.39 is 5.97 Å². The minimum Gasteiger partial charge on any atom is -0.463 e. The van der Waals surface area contributed by atoms with Crippen molar-refractivity contribution >= 4 is 17.0 Å². The van der Waals surface area contributed by atoms with Gasteiger partial charge in [-0.15, -0.1) is 0 Å². The lowest BCUT2D eigenvalue weighted by Gasteiger charge is -2.33. The number of esters is 1. The second-order valence-corrected chi connectivity index (χ2v) is 6.89. The van der Waals surface area contributed by atoms with Gasteiger partial charge in [-0.1, -0.05) is 12.1 Å². The van der Waals surface area contributed by atoms with Gasteiger partial charge in [0.25, 0.3) is 0 Å². The number of aromatic nitrogens is 2. The number of imidazole rings is 1. The molecule has 7 nitrogen and oxygen atoms in total. The van der Waals surface area contributed by atoms with Crippen LogP contribution in [-0.2, 0) is 24.9 Å². The van der Waals surface area contributed by atoms with E-state index in [-0.39, 0.29) is 5.76 Å². The molecular formula is C20H24N4O3. The lowest BCUT2D eigenvalue weighted by molar-refractivity contribution is 0.0559. The number of para-hydroxylation sites is 2. The Labute approximate surface area is 158 Å². The van der Waals surface area contributed by atoms with E-state index in [0.29, 0.717) is 6.54 Å². The van der Waals surface area contributed by atoms with Gasteiger partial charge < -0.3 is 13.7 Å². The average Bonchev–Trinajstić information content (AvgIpc) is 3.28. The summed E-state index contributed by atoms with van der Waals surface area (Å²) in [6, 6.07) is 11.8. The molecule has 0 aliphatic carbocycles. The lowest BCUT2D eigenvalue weighted by Crippen LogP contribution is -2.45. The Balaban J connectivity index is 1.33. The topological polar surface area (TPSA) is 63.7 Å². The van der Waals surface area contributed by atoms with E-state index in [1.165, 1.54) is 12.6 Å². The number of piperazine rings is 1. The van der Waals surface area contributed by atoms with E-state index >= 15 is 0 Å². The number of methoxy groups -OCH3 is 1. The van der Waals surface area contributed by atoms with Gasteiger partial charge in [-0.25, -0.2) is 9.78 Å². The van der Waals surface area contributed by atoms with Crippen molar-refractivity contribution in [2.45, 2.75) is 13.1 Å².